The molecule has 0 amide bonds. The average molecular weight is 261 g/mol. The van der Waals surface area contributed by atoms with Gasteiger partial charge in [-0.15, -0.1) is 0 Å². The zero-order valence-electron chi connectivity index (χ0n) is 11.8. The van der Waals surface area contributed by atoms with Crippen molar-refractivity contribution in [1.82, 2.24) is 4.90 Å². The Kier molecular flexibility index (Phi) is 3.27. The topological polar surface area (TPSA) is 32.7 Å². The van der Waals surface area contributed by atoms with Crippen LogP contribution in [0, 0.1) is 0 Å². The Balaban J connectivity index is 2.05. The van der Waals surface area contributed by atoms with E-state index < -0.39 is 0 Å². The molecule has 3 heteroatoms. The summed E-state index contributed by atoms with van der Waals surface area (Å²) in [5, 5.41) is 9.79. The molecule has 1 saturated carbocycles. The molecule has 1 aromatic rings. The number of hydrogen-bond donors (Lipinski definition) is 1. The highest BCUT2D eigenvalue weighted by Gasteiger charge is 2.49. The lowest BCUT2D eigenvalue weighted by Gasteiger charge is -2.53. The van der Waals surface area contributed by atoms with Crippen molar-refractivity contribution in [2.45, 2.75) is 50.4 Å². The van der Waals surface area contributed by atoms with E-state index in [0.717, 1.165) is 18.5 Å². The summed E-state index contributed by atoms with van der Waals surface area (Å²) in [6, 6.07) is 8.06. The highest BCUT2D eigenvalue weighted by atomic mass is 16.5. The number of fused-ring (bicyclic) bond motifs is 1. The lowest BCUT2D eigenvalue weighted by molar-refractivity contribution is -0.198. The Morgan fingerprint density at radius 1 is 1.37 bits per heavy atom. The van der Waals surface area contributed by atoms with Crippen LogP contribution in [-0.2, 0) is 10.3 Å². The number of aromatic hydroxyl groups is 1. The molecule has 3 atom stereocenters. The first kappa shape index (κ1) is 12.9. The molecule has 1 aliphatic carbocycles. The number of phenolic OH excluding ortho intramolecular Hbond substituents is 1. The van der Waals surface area contributed by atoms with Crippen molar-refractivity contribution in [3.05, 3.63) is 29.8 Å². The van der Waals surface area contributed by atoms with E-state index in [9.17, 15) is 5.11 Å². The summed E-state index contributed by atoms with van der Waals surface area (Å²) >= 11 is 0. The van der Waals surface area contributed by atoms with Gasteiger partial charge in [-0.25, -0.2) is 0 Å². The SMILES string of the molecule is CC1CN(C)C2CCCCC2(c2cccc(O)c2)O1. The van der Waals surface area contributed by atoms with E-state index >= 15 is 0 Å². The lowest BCUT2D eigenvalue weighted by atomic mass is 9.73. The third kappa shape index (κ3) is 2.15. The maximum absolute atomic E-state index is 9.79. The second-order valence-electron chi connectivity index (χ2n) is 6.07. The van der Waals surface area contributed by atoms with Gasteiger partial charge in [0.1, 0.15) is 11.4 Å². The molecule has 3 rings (SSSR count). The maximum atomic E-state index is 9.79. The molecule has 0 spiro atoms. The Morgan fingerprint density at radius 2 is 2.21 bits per heavy atom. The summed E-state index contributed by atoms with van der Waals surface area (Å²) in [5.41, 5.74) is 0.902. The second-order valence-corrected chi connectivity index (χ2v) is 6.07. The molecule has 3 nitrogen and oxygen atoms in total. The van der Waals surface area contributed by atoms with Crippen molar-refractivity contribution in [2.75, 3.05) is 13.6 Å². The number of likely N-dealkylation sites (N-methyl/N-ethyl adjacent to an activating group) is 1. The Morgan fingerprint density at radius 3 is 3.00 bits per heavy atom. The average Bonchev–Trinajstić information content (AvgIpc) is 2.38. The van der Waals surface area contributed by atoms with Crippen LogP contribution < -0.4 is 0 Å². The molecule has 0 bridgehead atoms. The highest BCUT2D eigenvalue weighted by Crippen LogP contribution is 2.46. The van der Waals surface area contributed by atoms with Gasteiger partial charge in [-0.3, -0.25) is 4.90 Å². The molecule has 0 radical (unpaired) electrons. The summed E-state index contributed by atoms with van der Waals surface area (Å²) in [7, 11) is 2.20. The molecule has 1 aliphatic heterocycles. The van der Waals surface area contributed by atoms with Gasteiger partial charge in [0.2, 0.25) is 0 Å². The molecule has 1 saturated heterocycles. The number of phenols is 1. The summed E-state index contributed by atoms with van der Waals surface area (Å²) in [5.74, 6) is 0.334. The molecule has 1 heterocycles. The van der Waals surface area contributed by atoms with Crippen molar-refractivity contribution in [3.8, 4) is 5.75 Å². The number of benzene rings is 1. The van der Waals surface area contributed by atoms with Gasteiger partial charge in [0.25, 0.3) is 0 Å². The van der Waals surface area contributed by atoms with Gasteiger partial charge in [0.15, 0.2) is 0 Å². The van der Waals surface area contributed by atoms with Crippen LogP contribution in [0.3, 0.4) is 0 Å². The van der Waals surface area contributed by atoms with E-state index in [1.807, 2.05) is 12.1 Å². The van der Waals surface area contributed by atoms with E-state index in [-0.39, 0.29) is 11.7 Å². The predicted molar refractivity (Wildman–Crippen MR) is 75.2 cm³/mol. The van der Waals surface area contributed by atoms with E-state index in [4.69, 9.17) is 4.74 Å². The number of hydrogen-bond acceptors (Lipinski definition) is 3. The van der Waals surface area contributed by atoms with Crippen molar-refractivity contribution < 1.29 is 9.84 Å². The van der Waals surface area contributed by atoms with E-state index in [2.05, 4.69) is 24.9 Å². The van der Waals surface area contributed by atoms with Crippen LogP contribution in [0.25, 0.3) is 0 Å². The molecule has 2 aliphatic rings. The van der Waals surface area contributed by atoms with Crippen LogP contribution in [0.1, 0.15) is 38.2 Å². The summed E-state index contributed by atoms with van der Waals surface area (Å²) in [6.45, 7) is 3.14. The molecule has 1 aromatic carbocycles. The second kappa shape index (κ2) is 4.80. The summed E-state index contributed by atoms with van der Waals surface area (Å²) in [6.07, 6.45) is 4.94. The number of morpholine rings is 1. The third-order valence-electron chi connectivity index (χ3n) is 4.64. The quantitative estimate of drug-likeness (QED) is 0.843. The highest BCUT2D eigenvalue weighted by molar-refractivity contribution is 5.34. The van der Waals surface area contributed by atoms with Gasteiger partial charge in [0.05, 0.1) is 6.10 Å². The molecular formula is C16H23NO2. The summed E-state index contributed by atoms with van der Waals surface area (Å²) < 4.78 is 6.44. The monoisotopic (exact) mass is 261 g/mol. The van der Waals surface area contributed by atoms with Crippen LogP contribution >= 0.6 is 0 Å². The summed E-state index contributed by atoms with van der Waals surface area (Å²) in [4.78, 5) is 2.44. The standard InChI is InChI=1S/C16H23NO2/c1-12-11-17(2)15-8-3-4-9-16(15,19-12)13-6-5-7-14(18)10-13/h5-7,10,12,15,18H,3-4,8-9,11H2,1-2H3. The molecular weight excluding hydrogens is 238 g/mol. The fraction of sp³-hybridized carbons (Fsp3) is 0.625. The Labute approximate surface area is 115 Å². The van der Waals surface area contributed by atoms with Crippen LogP contribution in [0.5, 0.6) is 5.75 Å². The first-order chi connectivity index (χ1) is 9.12. The Hall–Kier alpha value is -1.06. The smallest absolute Gasteiger partial charge is 0.115 e. The zero-order chi connectivity index (χ0) is 13.5. The van der Waals surface area contributed by atoms with Crippen molar-refractivity contribution in [3.63, 3.8) is 0 Å². The predicted octanol–water partition coefficient (Wildman–Crippen LogP) is 2.88. The van der Waals surface area contributed by atoms with Gasteiger partial charge >= 0.3 is 0 Å². The number of ether oxygens (including phenoxy) is 1. The molecule has 2 fully saturated rings. The van der Waals surface area contributed by atoms with Crippen molar-refractivity contribution in [1.29, 1.82) is 0 Å². The normalized spacial score (nSPS) is 35.9. The largest absolute Gasteiger partial charge is 0.508 e. The van der Waals surface area contributed by atoms with Crippen molar-refractivity contribution in [2.24, 2.45) is 0 Å². The number of nitrogens with zero attached hydrogens (tertiary/aromatic N) is 1. The fourth-order valence-corrected chi connectivity index (χ4v) is 3.94. The van der Waals surface area contributed by atoms with Crippen molar-refractivity contribution >= 4 is 0 Å². The lowest BCUT2D eigenvalue weighted by Crippen LogP contribution is -2.60. The molecule has 3 unspecified atom stereocenters. The number of rotatable bonds is 1. The molecule has 19 heavy (non-hydrogen) atoms. The minimum atomic E-state index is -0.233. The van der Waals surface area contributed by atoms with Gasteiger partial charge < -0.3 is 9.84 Å². The Bertz CT molecular complexity index is 462. The van der Waals surface area contributed by atoms with E-state index in [0.29, 0.717) is 11.8 Å². The van der Waals surface area contributed by atoms with Gasteiger partial charge in [-0.1, -0.05) is 25.0 Å². The molecule has 0 aromatic heterocycles. The van der Waals surface area contributed by atoms with Crippen LogP contribution in [0.2, 0.25) is 0 Å². The molecule has 104 valence electrons. The van der Waals surface area contributed by atoms with E-state index in [1.54, 1.807) is 6.07 Å². The van der Waals surface area contributed by atoms with Crippen LogP contribution in [0.4, 0.5) is 0 Å². The minimum Gasteiger partial charge on any atom is -0.508 e. The maximum Gasteiger partial charge on any atom is 0.115 e. The molecule has 1 N–H and O–H groups in total. The fourth-order valence-electron chi connectivity index (χ4n) is 3.94. The van der Waals surface area contributed by atoms with Gasteiger partial charge in [0, 0.05) is 12.6 Å². The van der Waals surface area contributed by atoms with Gasteiger partial charge in [-0.2, -0.15) is 0 Å². The van der Waals surface area contributed by atoms with Crippen LogP contribution in [-0.4, -0.2) is 35.7 Å². The zero-order valence-corrected chi connectivity index (χ0v) is 11.8. The first-order valence-corrected chi connectivity index (χ1v) is 7.29. The van der Waals surface area contributed by atoms with Gasteiger partial charge in [-0.05, 0) is 44.5 Å². The minimum absolute atomic E-state index is 0.233. The third-order valence-corrected chi connectivity index (χ3v) is 4.64. The first-order valence-electron chi connectivity index (χ1n) is 7.29. The van der Waals surface area contributed by atoms with E-state index in [1.165, 1.54) is 19.3 Å². The van der Waals surface area contributed by atoms with Crippen LogP contribution in [0.15, 0.2) is 24.3 Å².